The molecule has 0 fully saturated rings. The first-order valence-corrected chi connectivity index (χ1v) is 10.5. The van der Waals surface area contributed by atoms with E-state index in [1.165, 1.54) is 0 Å². The van der Waals surface area contributed by atoms with Crippen LogP contribution in [0.1, 0.15) is 46.4 Å². The molecule has 0 bridgehead atoms. The lowest BCUT2D eigenvalue weighted by atomic mass is 10.2. The van der Waals surface area contributed by atoms with E-state index in [9.17, 15) is 5.11 Å². The van der Waals surface area contributed by atoms with Gasteiger partial charge in [0.1, 0.15) is 0 Å². The van der Waals surface area contributed by atoms with Crippen LogP contribution in [0.2, 0.25) is 18.1 Å². The van der Waals surface area contributed by atoms with Gasteiger partial charge in [-0.2, -0.15) is 0 Å². The predicted molar refractivity (Wildman–Crippen MR) is 87.2 cm³/mol. The topological polar surface area (TPSA) is 56.5 Å². The third-order valence-electron chi connectivity index (χ3n) is 4.15. The van der Waals surface area contributed by atoms with Crippen molar-refractivity contribution in [2.75, 3.05) is 13.2 Å². The van der Waals surface area contributed by atoms with Crippen LogP contribution in [0.4, 0.5) is 0 Å². The number of hydrogen-bond acceptors (Lipinski definition) is 4. The molecule has 0 aromatic carbocycles. The number of hydrogen-bond donors (Lipinski definition) is 1. The zero-order chi connectivity index (χ0) is 16.3. The van der Waals surface area contributed by atoms with Crippen molar-refractivity contribution in [1.29, 1.82) is 0 Å². The highest BCUT2D eigenvalue weighted by Crippen LogP contribution is 2.37. The molecule has 0 amide bonds. The third kappa shape index (κ3) is 4.56. The van der Waals surface area contributed by atoms with Crippen LogP contribution in [-0.4, -0.2) is 36.4 Å². The molecule has 1 N–H and O–H groups in total. The fourth-order valence-corrected chi connectivity index (χ4v) is 2.83. The lowest BCUT2D eigenvalue weighted by molar-refractivity contribution is 0.212. The summed E-state index contributed by atoms with van der Waals surface area (Å²) in [5, 5.41) is 14.0. The van der Waals surface area contributed by atoms with Crippen molar-refractivity contribution in [3.05, 3.63) is 11.8 Å². The standard InChI is InChI=1S/C15H30N2O3Si/c1-8-19-14-9-13(10-18)17(16-14)12(2)11-20-21(6,7)15(3,4)5/h9,12,18H,8,10-11H2,1-7H3/t12-/m0/s1. The minimum absolute atomic E-state index is 0.0511. The Hall–Kier alpha value is -0.853. The molecule has 0 unspecified atom stereocenters. The van der Waals surface area contributed by atoms with Crippen LogP contribution < -0.4 is 4.74 Å². The van der Waals surface area contributed by atoms with Crippen LogP contribution in [0.25, 0.3) is 0 Å². The molecule has 0 spiro atoms. The molecular formula is C15H30N2O3Si. The fourth-order valence-electron chi connectivity index (χ4n) is 1.74. The van der Waals surface area contributed by atoms with E-state index in [1.807, 2.05) is 6.92 Å². The Morgan fingerprint density at radius 3 is 2.48 bits per heavy atom. The summed E-state index contributed by atoms with van der Waals surface area (Å²) < 4.78 is 13.4. The number of nitrogens with zero attached hydrogens (tertiary/aromatic N) is 2. The highest BCUT2D eigenvalue weighted by atomic mass is 28.4. The molecular weight excluding hydrogens is 284 g/mol. The van der Waals surface area contributed by atoms with Gasteiger partial charge in [-0.1, -0.05) is 20.8 Å². The molecule has 1 atom stereocenters. The summed E-state index contributed by atoms with van der Waals surface area (Å²) in [6, 6.07) is 1.85. The first-order valence-electron chi connectivity index (χ1n) is 7.58. The Kier molecular flexibility index (Phi) is 6.01. The predicted octanol–water partition coefficient (Wildman–Crippen LogP) is 3.36. The maximum atomic E-state index is 9.46. The quantitative estimate of drug-likeness (QED) is 0.784. The summed E-state index contributed by atoms with van der Waals surface area (Å²) in [5.41, 5.74) is 0.754. The molecule has 0 saturated heterocycles. The molecule has 0 aliphatic rings. The molecule has 5 nitrogen and oxygen atoms in total. The van der Waals surface area contributed by atoms with Gasteiger partial charge in [-0.25, -0.2) is 0 Å². The summed E-state index contributed by atoms with van der Waals surface area (Å²) >= 11 is 0. The molecule has 122 valence electrons. The normalized spacial score (nSPS) is 14.3. The number of aromatic nitrogens is 2. The summed E-state index contributed by atoms with van der Waals surface area (Å²) in [6.45, 7) is 16.2. The average Bonchev–Trinajstić information content (AvgIpc) is 2.78. The first-order chi connectivity index (χ1) is 9.62. The molecule has 0 radical (unpaired) electrons. The van der Waals surface area contributed by atoms with Gasteiger partial charge < -0.3 is 14.3 Å². The lowest BCUT2D eigenvalue weighted by Crippen LogP contribution is -2.42. The van der Waals surface area contributed by atoms with Crippen LogP contribution in [0.3, 0.4) is 0 Å². The summed E-state index contributed by atoms with van der Waals surface area (Å²) in [5.74, 6) is 0.556. The zero-order valence-electron chi connectivity index (χ0n) is 14.4. The fraction of sp³-hybridized carbons (Fsp3) is 0.800. The first kappa shape index (κ1) is 18.2. The minimum atomic E-state index is -1.77. The number of ether oxygens (including phenoxy) is 1. The smallest absolute Gasteiger partial charge is 0.233 e. The largest absolute Gasteiger partial charge is 0.477 e. The van der Waals surface area contributed by atoms with Gasteiger partial charge in [0.15, 0.2) is 8.32 Å². The van der Waals surface area contributed by atoms with Crippen LogP contribution in [0.15, 0.2) is 6.07 Å². The van der Waals surface area contributed by atoms with E-state index in [0.717, 1.165) is 5.69 Å². The maximum Gasteiger partial charge on any atom is 0.233 e. The van der Waals surface area contributed by atoms with Crippen molar-refractivity contribution in [2.45, 2.75) is 65.4 Å². The third-order valence-corrected chi connectivity index (χ3v) is 8.65. The van der Waals surface area contributed by atoms with E-state index in [2.05, 4.69) is 45.9 Å². The molecule has 6 heteroatoms. The maximum absolute atomic E-state index is 9.46. The molecule has 1 aromatic rings. The molecule has 21 heavy (non-hydrogen) atoms. The Morgan fingerprint density at radius 1 is 1.38 bits per heavy atom. The van der Waals surface area contributed by atoms with Crippen molar-refractivity contribution in [1.82, 2.24) is 9.78 Å². The Morgan fingerprint density at radius 2 is 2.00 bits per heavy atom. The molecule has 1 aromatic heterocycles. The van der Waals surface area contributed by atoms with Gasteiger partial charge >= 0.3 is 0 Å². The minimum Gasteiger partial charge on any atom is -0.477 e. The van der Waals surface area contributed by atoms with Crippen molar-refractivity contribution < 1.29 is 14.3 Å². The van der Waals surface area contributed by atoms with E-state index in [0.29, 0.717) is 19.1 Å². The van der Waals surface area contributed by atoms with Gasteiger partial charge in [0.2, 0.25) is 5.88 Å². The zero-order valence-corrected chi connectivity index (χ0v) is 15.4. The van der Waals surface area contributed by atoms with Gasteiger partial charge in [0.25, 0.3) is 0 Å². The van der Waals surface area contributed by atoms with Gasteiger partial charge in [-0.3, -0.25) is 4.68 Å². The molecule has 0 aliphatic heterocycles. The second kappa shape index (κ2) is 6.94. The molecule has 1 rings (SSSR count). The number of aliphatic hydroxyl groups is 1. The highest BCUT2D eigenvalue weighted by Gasteiger charge is 2.37. The van der Waals surface area contributed by atoms with E-state index in [-0.39, 0.29) is 17.7 Å². The van der Waals surface area contributed by atoms with Gasteiger partial charge in [-0.15, -0.1) is 5.10 Å². The van der Waals surface area contributed by atoms with Crippen LogP contribution >= 0.6 is 0 Å². The van der Waals surface area contributed by atoms with Crippen molar-refractivity contribution in [3.8, 4) is 5.88 Å². The molecule has 0 saturated carbocycles. The number of aliphatic hydroxyl groups excluding tert-OH is 1. The Bertz CT molecular complexity index is 452. The monoisotopic (exact) mass is 314 g/mol. The van der Waals surface area contributed by atoms with Crippen LogP contribution in [-0.2, 0) is 11.0 Å². The lowest BCUT2D eigenvalue weighted by Gasteiger charge is -2.37. The summed E-state index contributed by atoms with van der Waals surface area (Å²) in [4.78, 5) is 0. The number of rotatable bonds is 7. The van der Waals surface area contributed by atoms with Crippen LogP contribution in [0, 0.1) is 0 Å². The molecule has 0 aliphatic carbocycles. The van der Waals surface area contributed by atoms with Crippen molar-refractivity contribution in [3.63, 3.8) is 0 Å². The van der Waals surface area contributed by atoms with Crippen LogP contribution in [0.5, 0.6) is 5.88 Å². The second-order valence-corrected chi connectivity index (χ2v) is 11.7. The SMILES string of the molecule is CCOc1cc(CO)n([C@@H](C)CO[Si](C)(C)C(C)(C)C)n1. The summed E-state index contributed by atoms with van der Waals surface area (Å²) in [6.07, 6.45) is 0. The second-order valence-electron chi connectivity index (χ2n) is 6.93. The molecule has 1 heterocycles. The Labute approximate surface area is 129 Å². The van der Waals surface area contributed by atoms with Crippen molar-refractivity contribution >= 4 is 8.32 Å². The van der Waals surface area contributed by atoms with E-state index in [4.69, 9.17) is 9.16 Å². The van der Waals surface area contributed by atoms with Gasteiger partial charge in [0.05, 0.1) is 31.6 Å². The average molecular weight is 315 g/mol. The highest BCUT2D eigenvalue weighted by molar-refractivity contribution is 6.74. The van der Waals surface area contributed by atoms with Crippen molar-refractivity contribution in [2.24, 2.45) is 0 Å². The van der Waals surface area contributed by atoms with Gasteiger partial charge in [0, 0.05) is 6.07 Å². The van der Waals surface area contributed by atoms with E-state index >= 15 is 0 Å². The van der Waals surface area contributed by atoms with Gasteiger partial charge in [-0.05, 0) is 32.0 Å². The van der Waals surface area contributed by atoms with E-state index < -0.39 is 8.32 Å². The van der Waals surface area contributed by atoms with E-state index in [1.54, 1.807) is 10.7 Å². The Balaban J connectivity index is 2.78. The summed E-state index contributed by atoms with van der Waals surface area (Å²) in [7, 11) is -1.77.